The van der Waals surface area contributed by atoms with Gasteiger partial charge >= 0.3 is 0 Å². The summed E-state index contributed by atoms with van der Waals surface area (Å²) in [6.07, 6.45) is 1.75. The molecule has 0 spiro atoms. The van der Waals surface area contributed by atoms with E-state index < -0.39 is 0 Å². The van der Waals surface area contributed by atoms with Crippen molar-refractivity contribution in [3.63, 3.8) is 0 Å². The maximum absolute atomic E-state index is 9.58. The van der Waals surface area contributed by atoms with Crippen molar-refractivity contribution in [2.24, 2.45) is 0 Å². The number of aromatic nitrogens is 2. The van der Waals surface area contributed by atoms with E-state index in [0.29, 0.717) is 6.54 Å². The maximum Gasteiger partial charge on any atom is 0.168 e. The lowest BCUT2D eigenvalue weighted by atomic mass is 10.2. The van der Waals surface area contributed by atoms with Gasteiger partial charge in [0.05, 0.1) is 25.6 Å². The zero-order chi connectivity index (χ0) is 16.8. The van der Waals surface area contributed by atoms with Crippen LogP contribution < -0.4 is 4.74 Å². The summed E-state index contributed by atoms with van der Waals surface area (Å²) >= 11 is 1.66. The third kappa shape index (κ3) is 3.99. The molecule has 124 valence electrons. The minimum Gasteiger partial charge on any atom is -0.497 e. The first-order chi connectivity index (χ1) is 11.8. The van der Waals surface area contributed by atoms with Gasteiger partial charge < -0.3 is 14.4 Å². The lowest BCUT2D eigenvalue weighted by molar-refractivity contribution is 0.270. The summed E-state index contributed by atoms with van der Waals surface area (Å²) in [6, 6.07) is 18.2. The first-order valence-corrected chi connectivity index (χ1v) is 8.73. The van der Waals surface area contributed by atoms with Gasteiger partial charge in [0.15, 0.2) is 5.16 Å². The highest BCUT2D eigenvalue weighted by molar-refractivity contribution is 7.98. The van der Waals surface area contributed by atoms with E-state index in [1.54, 1.807) is 25.1 Å². The summed E-state index contributed by atoms with van der Waals surface area (Å²) in [4.78, 5) is 4.48. The summed E-state index contributed by atoms with van der Waals surface area (Å²) in [5.74, 6) is 1.66. The Kier molecular flexibility index (Phi) is 5.56. The van der Waals surface area contributed by atoms with E-state index in [1.165, 1.54) is 11.1 Å². The van der Waals surface area contributed by atoms with E-state index in [-0.39, 0.29) is 6.61 Å². The van der Waals surface area contributed by atoms with Gasteiger partial charge in [-0.25, -0.2) is 4.98 Å². The Labute approximate surface area is 146 Å². The molecule has 3 rings (SSSR count). The highest BCUT2D eigenvalue weighted by Crippen LogP contribution is 2.25. The molecule has 0 aliphatic heterocycles. The van der Waals surface area contributed by atoms with Gasteiger partial charge in [-0.05, 0) is 23.3 Å². The van der Waals surface area contributed by atoms with E-state index >= 15 is 0 Å². The normalized spacial score (nSPS) is 10.8. The number of thioether (sulfide) groups is 1. The van der Waals surface area contributed by atoms with Crippen LogP contribution in [0.1, 0.15) is 16.8 Å². The highest BCUT2D eigenvalue weighted by atomic mass is 32.2. The van der Waals surface area contributed by atoms with Crippen LogP contribution in [-0.4, -0.2) is 21.8 Å². The van der Waals surface area contributed by atoms with E-state index in [4.69, 9.17) is 4.74 Å². The number of imidazole rings is 1. The van der Waals surface area contributed by atoms with Gasteiger partial charge in [-0.15, -0.1) is 0 Å². The number of benzene rings is 2. The largest absolute Gasteiger partial charge is 0.497 e. The van der Waals surface area contributed by atoms with Crippen molar-refractivity contribution in [2.45, 2.75) is 24.1 Å². The average Bonchev–Trinajstić information content (AvgIpc) is 3.02. The molecular weight excluding hydrogens is 320 g/mol. The topological polar surface area (TPSA) is 47.3 Å². The molecule has 0 radical (unpaired) electrons. The fourth-order valence-corrected chi connectivity index (χ4v) is 3.42. The Morgan fingerprint density at radius 3 is 2.62 bits per heavy atom. The summed E-state index contributed by atoms with van der Waals surface area (Å²) < 4.78 is 7.34. The van der Waals surface area contributed by atoms with Crippen LogP contribution in [-0.2, 0) is 18.9 Å². The monoisotopic (exact) mass is 340 g/mol. The number of methoxy groups -OCH3 is 1. The number of hydrogen-bond acceptors (Lipinski definition) is 4. The van der Waals surface area contributed by atoms with Gasteiger partial charge in [-0.2, -0.15) is 0 Å². The molecule has 0 saturated heterocycles. The quantitative estimate of drug-likeness (QED) is 0.666. The molecular formula is C19H20N2O2S. The van der Waals surface area contributed by atoms with Gasteiger partial charge in [-0.1, -0.05) is 54.2 Å². The Bertz CT molecular complexity index is 787. The number of nitrogens with zero attached hydrogens (tertiary/aromatic N) is 2. The zero-order valence-electron chi connectivity index (χ0n) is 13.6. The van der Waals surface area contributed by atoms with Gasteiger partial charge in [0, 0.05) is 12.3 Å². The lowest BCUT2D eigenvalue weighted by Crippen LogP contribution is -2.06. The van der Waals surface area contributed by atoms with Gasteiger partial charge in [-0.3, -0.25) is 0 Å². The number of rotatable bonds is 7. The third-order valence-corrected chi connectivity index (χ3v) is 4.81. The van der Waals surface area contributed by atoms with Crippen molar-refractivity contribution in [1.82, 2.24) is 9.55 Å². The molecule has 1 N–H and O–H groups in total. The second-order valence-electron chi connectivity index (χ2n) is 5.40. The molecule has 0 fully saturated rings. The summed E-state index contributed by atoms with van der Waals surface area (Å²) in [7, 11) is 1.67. The van der Waals surface area contributed by atoms with E-state index in [9.17, 15) is 5.11 Å². The SMILES string of the molecule is COc1cccc(CSc2ncc(CO)n2Cc2ccccc2)c1. The van der Waals surface area contributed by atoms with Crippen molar-refractivity contribution in [2.75, 3.05) is 7.11 Å². The van der Waals surface area contributed by atoms with Crippen LogP contribution >= 0.6 is 11.8 Å². The molecule has 4 nitrogen and oxygen atoms in total. The van der Waals surface area contributed by atoms with Crippen LogP contribution in [0.15, 0.2) is 66.0 Å². The lowest BCUT2D eigenvalue weighted by Gasteiger charge is -2.11. The minimum atomic E-state index is -0.0143. The molecule has 0 aliphatic rings. The van der Waals surface area contributed by atoms with Gasteiger partial charge in [0.1, 0.15) is 5.75 Å². The van der Waals surface area contributed by atoms with Crippen molar-refractivity contribution in [1.29, 1.82) is 0 Å². The molecule has 1 aromatic heterocycles. The predicted molar refractivity (Wildman–Crippen MR) is 96.2 cm³/mol. The Hall–Kier alpha value is -2.24. The molecule has 24 heavy (non-hydrogen) atoms. The van der Waals surface area contributed by atoms with Crippen molar-refractivity contribution < 1.29 is 9.84 Å². The molecule has 0 bridgehead atoms. The zero-order valence-corrected chi connectivity index (χ0v) is 14.4. The van der Waals surface area contributed by atoms with Crippen LogP contribution in [0.2, 0.25) is 0 Å². The molecule has 0 unspecified atom stereocenters. The first kappa shape index (κ1) is 16.6. The Morgan fingerprint density at radius 2 is 1.88 bits per heavy atom. The van der Waals surface area contributed by atoms with Gasteiger partial charge in [0.25, 0.3) is 0 Å². The molecule has 0 aliphatic carbocycles. The van der Waals surface area contributed by atoms with Crippen molar-refractivity contribution in [3.8, 4) is 5.75 Å². The number of ether oxygens (including phenoxy) is 1. The fraction of sp³-hybridized carbons (Fsp3) is 0.211. The molecule has 5 heteroatoms. The Balaban J connectivity index is 1.76. The minimum absolute atomic E-state index is 0.0143. The molecule has 0 amide bonds. The van der Waals surface area contributed by atoms with Crippen LogP contribution in [0.3, 0.4) is 0 Å². The summed E-state index contributed by atoms with van der Waals surface area (Å²) in [5.41, 5.74) is 3.19. The highest BCUT2D eigenvalue weighted by Gasteiger charge is 2.11. The van der Waals surface area contributed by atoms with Crippen LogP contribution in [0.5, 0.6) is 5.75 Å². The fourth-order valence-electron chi connectivity index (χ4n) is 2.48. The maximum atomic E-state index is 9.58. The first-order valence-electron chi connectivity index (χ1n) is 7.75. The van der Waals surface area contributed by atoms with Crippen LogP contribution in [0, 0.1) is 0 Å². The molecule has 0 saturated carbocycles. The summed E-state index contributed by atoms with van der Waals surface area (Å²) in [6.45, 7) is 0.691. The number of aliphatic hydroxyl groups excluding tert-OH is 1. The van der Waals surface area contributed by atoms with E-state index in [2.05, 4.69) is 27.8 Å². The van der Waals surface area contributed by atoms with E-state index in [1.807, 2.05) is 36.4 Å². The predicted octanol–water partition coefficient (Wildman–Crippen LogP) is 3.72. The van der Waals surface area contributed by atoms with Crippen molar-refractivity contribution >= 4 is 11.8 Å². The molecule has 2 aromatic carbocycles. The van der Waals surface area contributed by atoms with E-state index in [0.717, 1.165) is 22.4 Å². The van der Waals surface area contributed by atoms with Crippen LogP contribution in [0.25, 0.3) is 0 Å². The molecule has 3 aromatic rings. The Morgan fingerprint density at radius 1 is 1.08 bits per heavy atom. The van der Waals surface area contributed by atoms with Gasteiger partial charge in [0.2, 0.25) is 0 Å². The van der Waals surface area contributed by atoms with Crippen molar-refractivity contribution in [3.05, 3.63) is 77.6 Å². The van der Waals surface area contributed by atoms with Crippen LogP contribution in [0.4, 0.5) is 0 Å². The third-order valence-electron chi connectivity index (χ3n) is 3.75. The summed E-state index contributed by atoms with van der Waals surface area (Å²) in [5, 5.41) is 10.5. The number of hydrogen-bond donors (Lipinski definition) is 1. The molecule has 1 heterocycles. The second kappa shape index (κ2) is 8.04. The standard InChI is InChI=1S/C19H20N2O2S/c1-23-18-9-5-8-16(10-18)14-24-19-20-11-17(13-22)21(19)12-15-6-3-2-4-7-15/h2-11,22H,12-14H2,1H3. The number of aliphatic hydroxyl groups is 1. The molecule has 0 atom stereocenters. The second-order valence-corrected chi connectivity index (χ2v) is 6.34. The smallest absolute Gasteiger partial charge is 0.168 e. The average molecular weight is 340 g/mol.